The summed E-state index contributed by atoms with van der Waals surface area (Å²) in [6, 6.07) is 0.781. The second kappa shape index (κ2) is 10.2. The first kappa shape index (κ1) is 17.4. The normalized spacial score (nSPS) is 23.8. The topological polar surface area (TPSA) is 49.8 Å². The summed E-state index contributed by atoms with van der Waals surface area (Å²) in [6.07, 6.45) is 8.83. The van der Waals surface area contributed by atoms with Crippen molar-refractivity contribution in [3.8, 4) is 0 Å². The van der Waals surface area contributed by atoms with Crippen LogP contribution in [0.15, 0.2) is 0 Å². The highest BCUT2D eigenvalue weighted by Gasteiger charge is 2.31. The number of unbranched alkanes of at least 4 members (excludes halogenated alkanes) is 2. The van der Waals surface area contributed by atoms with Crippen molar-refractivity contribution >= 4 is 5.97 Å². The number of ether oxygens (including phenoxy) is 1. The van der Waals surface area contributed by atoms with Gasteiger partial charge in [0.1, 0.15) is 0 Å². The Labute approximate surface area is 123 Å². The molecule has 0 aromatic heterocycles. The van der Waals surface area contributed by atoms with E-state index in [1.165, 1.54) is 38.5 Å². The van der Waals surface area contributed by atoms with Crippen molar-refractivity contribution in [1.29, 1.82) is 0 Å². The molecule has 0 radical (unpaired) electrons. The highest BCUT2D eigenvalue weighted by Crippen LogP contribution is 2.28. The molecular weight excluding hydrogens is 254 g/mol. The Balaban J connectivity index is 2.54. The van der Waals surface area contributed by atoms with Crippen LogP contribution < -0.4 is 0 Å². The SMILES string of the molecule is CCCCC[C@H]1CCC[C@@H](CC(=O)OCC)N1CCO. The molecule has 0 amide bonds. The number of aliphatic hydroxyl groups is 1. The van der Waals surface area contributed by atoms with Gasteiger partial charge in [-0.25, -0.2) is 0 Å². The van der Waals surface area contributed by atoms with Gasteiger partial charge in [0.2, 0.25) is 0 Å². The van der Waals surface area contributed by atoms with Crippen LogP contribution in [0.4, 0.5) is 0 Å². The molecule has 118 valence electrons. The van der Waals surface area contributed by atoms with Crippen LogP contribution >= 0.6 is 0 Å². The molecule has 1 aliphatic heterocycles. The van der Waals surface area contributed by atoms with E-state index in [-0.39, 0.29) is 18.6 Å². The smallest absolute Gasteiger partial charge is 0.307 e. The molecule has 1 heterocycles. The Morgan fingerprint density at radius 1 is 1.25 bits per heavy atom. The van der Waals surface area contributed by atoms with Gasteiger partial charge in [0.15, 0.2) is 0 Å². The van der Waals surface area contributed by atoms with Crippen LogP contribution in [0.25, 0.3) is 0 Å². The largest absolute Gasteiger partial charge is 0.466 e. The molecule has 1 aliphatic rings. The molecule has 0 aliphatic carbocycles. The van der Waals surface area contributed by atoms with E-state index in [1.807, 2.05) is 6.92 Å². The molecular formula is C16H31NO3. The fraction of sp³-hybridized carbons (Fsp3) is 0.938. The van der Waals surface area contributed by atoms with Crippen molar-refractivity contribution in [3.63, 3.8) is 0 Å². The van der Waals surface area contributed by atoms with Crippen molar-refractivity contribution in [2.75, 3.05) is 19.8 Å². The molecule has 1 N–H and O–H groups in total. The van der Waals surface area contributed by atoms with Crippen LogP contribution in [0.1, 0.15) is 65.2 Å². The lowest BCUT2D eigenvalue weighted by atomic mass is 9.90. The van der Waals surface area contributed by atoms with E-state index >= 15 is 0 Å². The number of esters is 1. The van der Waals surface area contributed by atoms with Gasteiger partial charge in [-0.15, -0.1) is 0 Å². The van der Waals surface area contributed by atoms with E-state index in [4.69, 9.17) is 4.74 Å². The number of β-amino-alcohol motifs (C(OH)–C–C–N with tert-alkyl or cyclic N) is 1. The van der Waals surface area contributed by atoms with Gasteiger partial charge >= 0.3 is 5.97 Å². The Bertz CT molecular complexity index is 270. The number of piperidine rings is 1. The molecule has 0 aromatic rings. The lowest BCUT2D eigenvalue weighted by Gasteiger charge is -2.42. The Kier molecular flexibility index (Phi) is 8.86. The number of hydrogen-bond donors (Lipinski definition) is 1. The first-order chi connectivity index (χ1) is 9.72. The van der Waals surface area contributed by atoms with Gasteiger partial charge in [-0.05, 0) is 26.2 Å². The van der Waals surface area contributed by atoms with Crippen molar-refractivity contribution in [2.24, 2.45) is 0 Å². The number of rotatable bonds is 9. The molecule has 1 fully saturated rings. The molecule has 2 atom stereocenters. The highest BCUT2D eigenvalue weighted by molar-refractivity contribution is 5.70. The molecule has 4 nitrogen and oxygen atoms in total. The van der Waals surface area contributed by atoms with Gasteiger partial charge in [0, 0.05) is 18.6 Å². The molecule has 0 saturated carbocycles. The zero-order chi connectivity index (χ0) is 14.8. The summed E-state index contributed by atoms with van der Waals surface area (Å²) >= 11 is 0. The van der Waals surface area contributed by atoms with Crippen molar-refractivity contribution < 1.29 is 14.6 Å². The van der Waals surface area contributed by atoms with Crippen molar-refractivity contribution in [3.05, 3.63) is 0 Å². The molecule has 20 heavy (non-hydrogen) atoms. The van der Waals surface area contributed by atoms with E-state index in [2.05, 4.69) is 11.8 Å². The lowest BCUT2D eigenvalue weighted by molar-refractivity contribution is -0.145. The van der Waals surface area contributed by atoms with Gasteiger partial charge in [0.25, 0.3) is 0 Å². The van der Waals surface area contributed by atoms with Crippen LogP contribution in [-0.2, 0) is 9.53 Å². The number of nitrogens with zero attached hydrogens (tertiary/aromatic N) is 1. The minimum Gasteiger partial charge on any atom is -0.466 e. The number of aliphatic hydroxyl groups excluding tert-OH is 1. The predicted molar refractivity (Wildman–Crippen MR) is 80.6 cm³/mol. The van der Waals surface area contributed by atoms with E-state index < -0.39 is 0 Å². The number of hydrogen-bond acceptors (Lipinski definition) is 4. The molecule has 1 rings (SSSR count). The fourth-order valence-electron chi connectivity index (χ4n) is 3.27. The fourth-order valence-corrected chi connectivity index (χ4v) is 3.27. The maximum absolute atomic E-state index is 11.7. The first-order valence-electron chi connectivity index (χ1n) is 8.25. The second-order valence-corrected chi connectivity index (χ2v) is 5.70. The van der Waals surface area contributed by atoms with E-state index in [0.29, 0.717) is 25.6 Å². The van der Waals surface area contributed by atoms with Gasteiger partial charge in [-0.3, -0.25) is 9.69 Å². The van der Waals surface area contributed by atoms with Crippen molar-refractivity contribution in [1.82, 2.24) is 4.90 Å². The molecule has 1 saturated heterocycles. The van der Waals surface area contributed by atoms with Crippen LogP contribution in [0.3, 0.4) is 0 Å². The van der Waals surface area contributed by atoms with E-state index in [1.54, 1.807) is 0 Å². The van der Waals surface area contributed by atoms with Gasteiger partial charge in [-0.2, -0.15) is 0 Å². The molecule has 4 heteroatoms. The lowest BCUT2D eigenvalue weighted by Crippen LogP contribution is -2.48. The van der Waals surface area contributed by atoms with E-state index in [0.717, 1.165) is 6.42 Å². The summed E-state index contributed by atoms with van der Waals surface area (Å²) in [6.45, 7) is 5.36. The Morgan fingerprint density at radius 2 is 2.00 bits per heavy atom. The number of carbonyl (C=O) groups excluding carboxylic acids is 1. The minimum absolute atomic E-state index is 0.102. The van der Waals surface area contributed by atoms with Crippen LogP contribution in [0.2, 0.25) is 0 Å². The van der Waals surface area contributed by atoms with Crippen LogP contribution in [-0.4, -0.2) is 47.8 Å². The Morgan fingerprint density at radius 3 is 2.65 bits per heavy atom. The van der Waals surface area contributed by atoms with E-state index in [9.17, 15) is 9.90 Å². The zero-order valence-electron chi connectivity index (χ0n) is 13.1. The van der Waals surface area contributed by atoms with Gasteiger partial charge < -0.3 is 9.84 Å². The summed E-state index contributed by atoms with van der Waals surface area (Å²) in [5, 5.41) is 9.31. The average molecular weight is 285 g/mol. The number of likely N-dealkylation sites (tertiary alicyclic amines) is 1. The Hall–Kier alpha value is -0.610. The quantitative estimate of drug-likeness (QED) is 0.523. The predicted octanol–water partition coefficient (Wildman–Crippen LogP) is 2.74. The molecule has 0 unspecified atom stereocenters. The van der Waals surface area contributed by atoms with Gasteiger partial charge in [-0.1, -0.05) is 32.6 Å². The molecule has 0 bridgehead atoms. The summed E-state index contributed by atoms with van der Waals surface area (Å²) in [7, 11) is 0. The summed E-state index contributed by atoms with van der Waals surface area (Å²) in [4.78, 5) is 14.1. The van der Waals surface area contributed by atoms with Crippen LogP contribution in [0, 0.1) is 0 Å². The summed E-state index contributed by atoms with van der Waals surface area (Å²) in [5.74, 6) is -0.102. The second-order valence-electron chi connectivity index (χ2n) is 5.70. The maximum Gasteiger partial charge on any atom is 0.307 e. The van der Waals surface area contributed by atoms with Crippen molar-refractivity contribution in [2.45, 2.75) is 77.3 Å². The van der Waals surface area contributed by atoms with Gasteiger partial charge in [0.05, 0.1) is 19.6 Å². The minimum atomic E-state index is -0.102. The number of carbonyl (C=O) groups is 1. The summed E-state index contributed by atoms with van der Waals surface area (Å²) in [5.41, 5.74) is 0. The standard InChI is InChI=1S/C16H31NO3/c1-3-5-6-8-14-9-7-10-15(17(14)11-12-18)13-16(19)20-4-2/h14-15,18H,3-13H2,1-2H3/t14-,15-/m0/s1. The monoisotopic (exact) mass is 285 g/mol. The first-order valence-corrected chi connectivity index (χ1v) is 8.25. The highest BCUT2D eigenvalue weighted by atomic mass is 16.5. The third-order valence-corrected chi connectivity index (χ3v) is 4.22. The summed E-state index contributed by atoms with van der Waals surface area (Å²) < 4.78 is 5.08. The molecule has 0 spiro atoms. The molecule has 0 aromatic carbocycles. The third kappa shape index (κ3) is 5.80. The van der Waals surface area contributed by atoms with Crippen LogP contribution in [0.5, 0.6) is 0 Å². The average Bonchev–Trinajstić information content (AvgIpc) is 2.42. The third-order valence-electron chi connectivity index (χ3n) is 4.22. The zero-order valence-corrected chi connectivity index (χ0v) is 13.1. The maximum atomic E-state index is 11.7.